The SMILES string of the molecule is C[C@H](CNC(=O)/C=C/c1ccc(Cl)cc1)NC(=O)/C=C/c1ccc(Cl)cc1. The van der Waals surface area contributed by atoms with Crippen LogP contribution in [0.25, 0.3) is 12.2 Å². The van der Waals surface area contributed by atoms with Crippen LogP contribution in [0, 0.1) is 0 Å². The first-order chi connectivity index (χ1) is 12.9. The van der Waals surface area contributed by atoms with E-state index in [1.807, 2.05) is 31.2 Å². The Morgan fingerprint density at radius 3 is 1.78 bits per heavy atom. The van der Waals surface area contributed by atoms with Crippen LogP contribution >= 0.6 is 23.2 Å². The summed E-state index contributed by atoms with van der Waals surface area (Å²) in [7, 11) is 0. The fourth-order valence-electron chi connectivity index (χ4n) is 2.15. The van der Waals surface area contributed by atoms with Gasteiger partial charge in [0.25, 0.3) is 0 Å². The molecule has 0 aromatic heterocycles. The van der Waals surface area contributed by atoms with Crippen molar-refractivity contribution in [2.24, 2.45) is 0 Å². The van der Waals surface area contributed by atoms with Gasteiger partial charge in [0.15, 0.2) is 0 Å². The lowest BCUT2D eigenvalue weighted by atomic mass is 10.2. The van der Waals surface area contributed by atoms with Crippen LogP contribution in [-0.2, 0) is 9.59 Å². The molecule has 0 fully saturated rings. The smallest absolute Gasteiger partial charge is 0.244 e. The van der Waals surface area contributed by atoms with Crippen LogP contribution in [-0.4, -0.2) is 24.4 Å². The first kappa shape index (κ1) is 20.7. The maximum Gasteiger partial charge on any atom is 0.244 e. The summed E-state index contributed by atoms with van der Waals surface area (Å²) in [5.41, 5.74) is 1.76. The first-order valence-corrected chi connectivity index (χ1v) is 9.13. The zero-order chi connectivity index (χ0) is 19.6. The minimum absolute atomic E-state index is 0.208. The summed E-state index contributed by atoms with van der Waals surface area (Å²) in [6.45, 7) is 2.14. The van der Waals surface area contributed by atoms with Gasteiger partial charge in [0.2, 0.25) is 11.8 Å². The summed E-state index contributed by atoms with van der Waals surface area (Å²) in [6.07, 6.45) is 6.29. The van der Waals surface area contributed by atoms with E-state index in [0.717, 1.165) is 11.1 Å². The van der Waals surface area contributed by atoms with Gasteiger partial charge in [0.1, 0.15) is 0 Å². The molecule has 4 nitrogen and oxygen atoms in total. The van der Waals surface area contributed by atoms with Gasteiger partial charge in [-0.1, -0.05) is 47.5 Å². The Morgan fingerprint density at radius 1 is 0.852 bits per heavy atom. The van der Waals surface area contributed by atoms with E-state index in [9.17, 15) is 9.59 Å². The Hall–Kier alpha value is -2.56. The van der Waals surface area contributed by atoms with Gasteiger partial charge in [-0.15, -0.1) is 0 Å². The minimum Gasteiger partial charge on any atom is -0.351 e. The predicted octanol–water partition coefficient (Wildman–Crippen LogP) is 4.34. The lowest BCUT2D eigenvalue weighted by molar-refractivity contribution is -0.118. The van der Waals surface area contributed by atoms with Gasteiger partial charge in [-0.2, -0.15) is 0 Å². The van der Waals surface area contributed by atoms with Crippen molar-refractivity contribution in [3.63, 3.8) is 0 Å². The number of nitrogens with one attached hydrogen (secondary N) is 2. The van der Waals surface area contributed by atoms with Crippen molar-refractivity contribution in [1.82, 2.24) is 10.6 Å². The van der Waals surface area contributed by atoms with Crippen molar-refractivity contribution >= 4 is 47.2 Å². The molecule has 0 bridgehead atoms. The Labute approximate surface area is 168 Å². The predicted molar refractivity (Wildman–Crippen MR) is 112 cm³/mol. The highest BCUT2D eigenvalue weighted by molar-refractivity contribution is 6.30. The van der Waals surface area contributed by atoms with Crippen molar-refractivity contribution < 1.29 is 9.59 Å². The Kier molecular flexibility index (Phi) is 8.11. The molecule has 0 aliphatic heterocycles. The number of rotatable bonds is 7. The quantitative estimate of drug-likeness (QED) is 0.676. The summed E-state index contributed by atoms with van der Waals surface area (Å²) >= 11 is 11.6. The highest BCUT2D eigenvalue weighted by atomic mass is 35.5. The largest absolute Gasteiger partial charge is 0.351 e. The second-order valence-corrected chi connectivity index (χ2v) is 6.80. The van der Waals surface area contributed by atoms with Gasteiger partial charge in [0, 0.05) is 34.8 Å². The zero-order valence-corrected chi connectivity index (χ0v) is 16.3. The van der Waals surface area contributed by atoms with Crippen molar-refractivity contribution in [3.8, 4) is 0 Å². The fourth-order valence-corrected chi connectivity index (χ4v) is 2.40. The molecular weight excluding hydrogens is 383 g/mol. The van der Waals surface area contributed by atoms with Crippen LogP contribution in [0.3, 0.4) is 0 Å². The number of hydrogen-bond donors (Lipinski definition) is 2. The molecule has 0 unspecified atom stereocenters. The molecule has 0 aliphatic rings. The molecule has 2 N–H and O–H groups in total. The molecule has 0 saturated carbocycles. The zero-order valence-electron chi connectivity index (χ0n) is 14.8. The van der Waals surface area contributed by atoms with Crippen LogP contribution in [0.5, 0.6) is 0 Å². The molecule has 2 rings (SSSR count). The fraction of sp³-hybridized carbons (Fsp3) is 0.143. The standard InChI is InChI=1S/C21H20Cl2N2O2/c1-15(25-21(27)13-7-17-4-10-19(23)11-5-17)14-24-20(26)12-6-16-2-8-18(22)9-3-16/h2-13,15H,14H2,1H3,(H,24,26)(H,25,27)/b12-6+,13-7+/t15-/m1/s1. The van der Waals surface area contributed by atoms with Crippen molar-refractivity contribution in [2.75, 3.05) is 6.54 Å². The number of carbonyl (C=O) groups is 2. The molecule has 0 saturated heterocycles. The summed E-state index contributed by atoms with van der Waals surface area (Å²) in [4.78, 5) is 23.8. The van der Waals surface area contributed by atoms with Crippen molar-refractivity contribution in [1.29, 1.82) is 0 Å². The van der Waals surface area contributed by atoms with Crippen molar-refractivity contribution in [2.45, 2.75) is 13.0 Å². The van der Waals surface area contributed by atoms with E-state index in [-0.39, 0.29) is 17.9 Å². The lowest BCUT2D eigenvalue weighted by Crippen LogP contribution is -2.40. The van der Waals surface area contributed by atoms with Gasteiger partial charge >= 0.3 is 0 Å². The third-order valence-corrected chi connectivity index (χ3v) is 4.07. The Bertz CT molecular complexity index is 828. The number of hydrogen-bond acceptors (Lipinski definition) is 2. The maximum atomic E-state index is 11.9. The molecule has 1 atom stereocenters. The third kappa shape index (κ3) is 8.11. The number of halogens is 2. The molecule has 140 valence electrons. The molecule has 27 heavy (non-hydrogen) atoms. The Balaban J connectivity index is 1.73. The third-order valence-electron chi connectivity index (χ3n) is 3.57. The Morgan fingerprint density at radius 2 is 1.30 bits per heavy atom. The second kappa shape index (κ2) is 10.6. The minimum atomic E-state index is -0.234. The van der Waals surface area contributed by atoms with E-state index in [1.54, 1.807) is 36.4 Å². The monoisotopic (exact) mass is 402 g/mol. The van der Waals surface area contributed by atoms with Crippen LogP contribution in [0.1, 0.15) is 18.1 Å². The van der Waals surface area contributed by atoms with Gasteiger partial charge in [-0.3, -0.25) is 9.59 Å². The van der Waals surface area contributed by atoms with E-state index in [1.165, 1.54) is 12.2 Å². The average molecular weight is 403 g/mol. The van der Waals surface area contributed by atoms with E-state index in [2.05, 4.69) is 10.6 Å². The highest BCUT2D eigenvalue weighted by Crippen LogP contribution is 2.11. The topological polar surface area (TPSA) is 58.2 Å². The number of benzene rings is 2. The first-order valence-electron chi connectivity index (χ1n) is 8.38. The molecule has 0 aliphatic carbocycles. The molecule has 2 aromatic carbocycles. The van der Waals surface area contributed by atoms with Gasteiger partial charge < -0.3 is 10.6 Å². The molecule has 6 heteroatoms. The number of amides is 2. The summed E-state index contributed by atoms with van der Waals surface area (Å²) in [5, 5.41) is 6.82. The second-order valence-electron chi connectivity index (χ2n) is 5.92. The van der Waals surface area contributed by atoms with Crippen LogP contribution in [0.4, 0.5) is 0 Å². The summed E-state index contributed by atoms with van der Waals surface area (Å²) in [6, 6.07) is 14.1. The van der Waals surface area contributed by atoms with E-state index in [0.29, 0.717) is 16.6 Å². The van der Waals surface area contributed by atoms with Crippen LogP contribution < -0.4 is 10.6 Å². The van der Waals surface area contributed by atoms with Gasteiger partial charge in [-0.25, -0.2) is 0 Å². The van der Waals surface area contributed by atoms with E-state index in [4.69, 9.17) is 23.2 Å². The summed E-state index contributed by atoms with van der Waals surface area (Å²) in [5.74, 6) is -0.467. The van der Waals surface area contributed by atoms with Crippen LogP contribution in [0.15, 0.2) is 60.7 Å². The van der Waals surface area contributed by atoms with Gasteiger partial charge in [0.05, 0.1) is 0 Å². The molecule has 0 radical (unpaired) electrons. The maximum absolute atomic E-state index is 11.9. The van der Waals surface area contributed by atoms with Gasteiger partial charge in [-0.05, 0) is 54.5 Å². The lowest BCUT2D eigenvalue weighted by Gasteiger charge is -2.12. The van der Waals surface area contributed by atoms with Crippen LogP contribution in [0.2, 0.25) is 10.0 Å². The molecule has 2 aromatic rings. The normalized spacial score (nSPS) is 12.3. The van der Waals surface area contributed by atoms with E-state index < -0.39 is 0 Å². The molecular formula is C21H20Cl2N2O2. The summed E-state index contributed by atoms with van der Waals surface area (Å²) < 4.78 is 0. The molecule has 2 amide bonds. The average Bonchev–Trinajstić information content (AvgIpc) is 2.65. The number of carbonyl (C=O) groups excluding carboxylic acids is 2. The highest BCUT2D eigenvalue weighted by Gasteiger charge is 2.05. The molecule has 0 heterocycles. The van der Waals surface area contributed by atoms with Crippen molar-refractivity contribution in [3.05, 3.63) is 81.9 Å². The molecule has 0 spiro atoms. The van der Waals surface area contributed by atoms with E-state index >= 15 is 0 Å².